The molecule has 0 unspecified atom stereocenters. The van der Waals surface area contributed by atoms with E-state index < -0.39 is 10.0 Å². The molecule has 0 bridgehead atoms. The maximum Gasteiger partial charge on any atom is 0.214 e. The van der Waals surface area contributed by atoms with E-state index in [0.717, 1.165) is 12.0 Å². The van der Waals surface area contributed by atoms with E-state index in [1.807, 2.05) is 12.1 Å². The number of rotatable bonds is 7. The lowest BCUT2D eigenvalue weighted by Crippen LogP contribution is -2.28. The number of unbranched alkanes of at least 4 members (excludes halogenated alkanes) is 1. The fraction of sp³-hybridized carbons (Fsp3) is 0.500. The van der Waals surface area contributed by atoms with Crippen molar-refractivity contribution in [1.82, 2.24) is 4.31 Å². The predicted molar refractivity (Wildman–Crippen MR) is 76.7 cm³/mol. The van der Waals surface area contributed by atoms with Crippen LogP contribution in [0.3, 0.4) is 0 Å². The average Bonchev–Trinajstić information content (AvgIpc) is 2.32. The summed E-state index contributed by atoms with van der Waals surface area (Å²) >= 11 is 11.3. The highest BCUT2D eigenvalue weighted by Gasteiger charge is 2.17. The van der Waals surface area contributed by atoms with E-state index in [4.69, 9.17) is 23.2 Å². The van der Waals surface area contributed by atoms with Gasteiger partial charge in [0.1, 0.15) is 0 Å². The molecule has 0 aliphatic heterocycles. The van der Waals surface area contributed by atoms with Gasteiger partial charge in [-0.05, 0) is 30.5 Å². The summed E-state index contributed by atoms with van der Waals surface area (Å²) in [5.41, 5.74) is 0.919. The van der Waals surface area contributed by atoms with Crippen LogP contribution in [0.1, 0.15) is 18.4 Å². The van der Waals surface area contributed by atoms with Gasteiger partial charge in [-0.1, -0.05) is 23.7 Å². The van der Waals surface area contributed by atoms with E-state index in [1.54, 1.807) is 19.2 Å². The van der Waals surface area contributed by atoms with Gasteiger partial charge in [-0.3, -0.25) is 0 Å². The zero-order valence-electron chi connectivity index (χ0n) is 10.3. The molecule has 1 aromatic carbocycles. The van der Waals surface area contributed by atoms with Gasteiger partial charge < -0.3 is 0 Å². The molecule has 0 fully saturated rings. The number of alkyl halides is 1. The quantitative estimate of drug-likeness (QED) is 0.573. The third-order valence-corrected chi connectivity index (χ3v) is 4.98. The first kappa shape index (κ1) is 15.8. The molecule has 18 heavy (non-hydrogen) atoms. The molecule has 0 aliphatic rings. The van der Waals surface area contributed by atoms with E-state index >= 15 is 0 Å². The third kappa shape index (κ3) is 5.14. The summed E-state index contributed by atoms with van der Waals surface area (Å²) in [7, 11) is -1.61. The molecule has 0 amide bonds. The Hall–Kier alpha value is -0.290. The summed E-state index contributed by atoms with van der Waals surface area (Å²) in [4.78, 5) is 0. The number of hydrogen-bond donors (Lipinski definition) is 0. The molecule has 0 saturated carbocycles. The Morgan fingerprint density at radius 3 is 2.33 bits per heavy atom. The van der Waals surface area contributed by atoms with Gasteiger partial charge in [-0.2, -0.15) is 0 Å². The molecule has 3 nitrogen and oxygen atoms in total. The van der Waals surface area contributed by atoms with Crippen LogP contribution in [0.4, 0.5) is 0 Å². The van der Waals surface area contributed by atoms with Gasteiger partial charge in [0.05, 0.1) is 5.75 Å². The van der Waals surface area contributed by atoms with Crippen LogP contribution in [0.15, 0.2) is 24.3 Å². The molecule has 1 aromatic rings. The van der Waals surface area contributed by atoms with Crippen molar-refractivity contribution >= 4 is 33.2 Å². The number of halogens is 2. The maximum atomic E-state index is 11.9. The second kappa shape index (κ2) is 7.34. The van der Waals surface area contributed by atoms with Crippen molar-refractivity contribution in [3.05, 3.63) is 34.9 Å². The van der Waals surface area contributed by atoms with Crippen molar-refractivity contribution < 1.29 is 8.42 Å². The topological polar surface area (TPSA) is 37.4 Å². The zero-order chi connectivity index (χ0) is 13.6. The van der Waals surface area contributed by atoms with Crippen LogP contribution in [0.25, 0.3) is 0 Å². The molecule has 0 radical (unpaired) electrons. The lowest BCUT2D eigenvalue weighted by Gasteiger charge is -2.17. The molecule has 1 rings (SSSR count). The largest absolute Gasteiger partial charge is 0.214 e. The summed E-state index contributed by atoms with van der Waals surface area (Å²) in [5.74, 6) is 0.639. The molecule has 0 atom stereocenters. The van der Waals surface area contributed by atoms with Gasteiger partial charge in [0.2, 0.25) is 10.0 Å². The Labute approximate surface area is 119 Å². The second-order valence-electron chi connectivity index (χ2n) is 4.09. The van der Waals surface area contributed by atoms with Gasteiger partial charge in [0.15, 0.2) is 0 Å². The first-order valence-corrected chi connectivity index (χ1v) is 8.22. The number of benzene rings is 1. The normalized spacial score (nSPS) is 12.0. The molecule has 0 aliphatic carbocycles. The maximum absolute atomic E-state index is 11.9. The van der Waals surface area contributed by atoms with E-state index in [-0.39, 0.29) is 5.75 Å². The fourth-order valence-corrected chi connectivity index (χ4v) is 3.02. The SMILES string of the molecule is CN(Cc1ccc(Cl)cc1)S(=O)(=O)CCCCCl. The number of hydrogen-bond acceptors (Lipinski definition) is 2. The third-order valence-electron chi connectivity index (χ3n) is 2.58. The molecule has 0 spiro atoms. The van der Waals surface area contributed by atoms with E-state index in [1.165, 1.54) is 4.31 Å². The van der Waals surface area contributed by atoms with Crippen LogP contribution >= 0.6 is 23.2 Å². The Morgan fingerprint density at radius 2 is 1.78 bits per heavy atom. The van der Waals surface area contributed by atoms with Crippen LogP contribution < -0.4 is 0 Å². The van der Waals surface area contributed by atoms with Crippen molar-refractivity contribution in [2.75, 3.05) is 18.7 Å². The standard InChI is InChI=1S/C12H17Cl2NO2S/c1-15(18(16,17)9-3-2-8-13)10-11-4-6-12(14)7-5-11/h4-7H,2-3,8-10H2,1H3. The van der Waals surface area contributed by atoms with Crippen LogP contribution in [-0.2, 0) is 16.6 Å². The van der Waals surface area contributed by atoms with Crippen LogP contribution in [0.5, 0.6) is 0 Å². The van der Waals surface area contributed by atoms with Crippen LogP contribution in [-0.4, -0.2) is 31.4 Å². The molecular weight excluding hydrogens is 293 g/mol. The minimum Gasteiger partial charge on any atom is -0.212 e. The summed E-state index contributed by atoms with van der Waals surface area (Å²) in [6, 6.07) is 7.16. The molecule has 0 aromatic heterocycles. The first-order valence-electron chi connectivity index (χ1n) is 5.70. The van der Waals surface area contributed by atoms with Crippen molar-refractivity contribution in [1.29, 1.82) is 0 Å². The molecule has 0 saturated heterocycles. The lowest BCUT2D eigenvalue weighted by atomic mass is 10.2. The number of nitrogens with zero attached hydrogens (tertiary/aromatic N) is 1. The highest BCUT2D eigenvalue weighted by Crippen LogP contribution is 2.13. The zero-order valence-corrected chi connectivity index (χ0v) is 12.6. The van der Waals surface area contributed by atoms with Crippen molar-refractivity contribution in [3.8, 4) is 0 Å². The lowest BCUT2D eigenvalue weighted by molar-refractivity contribution is 0.465. The minimum absolute atomic E-state index is 0.143. The Morgan fingerprint density at radius 1 is 1.17 bits per heavy atom. The minimum atomic E-state index is -3.20. The first-order chi connectivity index (χ1) is 8.45. The molecule has 0 heterocycles. The molecule has 0 N–H and O–H groups in total. The summed E-state index contributed by atoms with van der Waals surface area (Å²) in [6.45, 7) is 0.361. The van der Waals surface area contributed by atoms with Gasteiger partial charge >= 0.3 is 0 Å². The van der Waals surface area contributed by atoms with Gasteiger partial charge in [0.25, 0.3) is 0 Å². The van der Waals surface area contributed by atoms with E-state index in [2.05, 4.69) is 0 Å². The van der Waals surface area contributed by atoms with Gasteiger partial charge in [-0.15, -0.1) is 11.6 Å². The number of sulfonamides is 1. The Balaban J connectivity index is 2.58. The predicted octanol–water partition coefficient (Wildman–Crippen LogP) is 3.12. The fourth-order valence-electron chi connectivity index (χ4n) is 1.48. The van der Waals surface area contributed by atoms with E-state index in [9.17, 15) is 8.42 Å². The Kier molecular flexibility index (Phi) is 6.43. The van der Waals surface area contributed by atoms with Gasteiger partial charge in [-0.25, -0.2) is 12.7 Å². The van der Waals surface area contributed by atoms with Gasteiger partial charge in [0, 0.05) is 24.5 Å². The highest BCUT2D eigenvalue weighted by atomic mass is 35.5. The summed E-state index contributed by atoms with van der Waals surface area (Å²) in [6.07, 6.45) is 1.31. The summed E-state index contributed by atoms with van der Waals surface area (Å²) < 4.78 is 25.2. The monoisotopic (exact) mass is 309 g/mol. The second-order valence-corrected chi connectivity index (χ2v) is 7.10. The van der Waals surface area contributed by atoms with Crippen LogP contribution in [0, 0.1) is 0 Å². The van der Waals surface area contributed by atoms with Crippen molar-refractivity contribution in [3.63, 3.8) is 0 Å². The van der Waals surface area contributed by atoms with Crippen molar-refractivity contribution in [2.45, 2.75) is 19.4 Å². The molecule has 6 heteroatoms. The highest BCUT2D eigenvalue weighted by molar-refractivity contribution is 7.89. The van der Waals surface area contributed by atoms with Crippen molar-refractivity contribution in [2.24, 2.45) is 0 Å². The van der Waals surface area contributed by atoms with Crippen LogP contribution in [0.2, 0.25) is 5.02 Å². The summed E-state index contributed by atoms with van der Waals surface area (Å²) in [5, 5.41) is 0.645. The smallest absolute Gasteiger partial charge is 0.212 e. The Bertz CT molecular complexity index is 459. The molecule has 102 valence electrons. The molecular formula is C12H17Cl2NO2S. The van der Waals surface area contributed by atoms with E-state index in [0.29, 0.717) is 23.9 Å². The average molecular weight is 310 g/mol.